The number of aliphatic hydroxyl groups is 1. The average molecular weight is 193 g/mol. The zero-order valence-corrected chi connectivity index (χ0v) is 7.80. The van der Waals surface area contributed by atoms with Crippen LogP contribution in [0.4, 0.5) is 0 Å². The molecule has 4 nitrogen and oxygen atoms in total. The molecule has 0 atom stereocenters. The van der Waals surface area contributed by atoms with Crippen LogP contribution in [0.2, 0.25) is 0 Å². The van der Waals surface area contributed by atoms with Crippen molar-refractivity contribution >= 4 is 12.2 Å². The number of hydrogen-bond donors (Lipinski definition) is 1. The zero-order chi connectivity index (χ0) is 10.8. The van der Waals surface area contributed by atoms with E-state index in [1.807, 2.05) is 19.1 Å². The van der Waals surface area contributed by atoms with Crippen LogP contribution in [0.3, 0.4) is 0 Å². The molecular formula is C10H11NO3. The van der Waals surface area contributed by atoms with Gasteiger partial charge in [-0.3, -0.25) is 4.98 Å². The molecule has 14 heavy (non-hydrogen) atoms. The summed E-state index contributed by atoms with van der Waals surface area (Å²) in [6.45, 7) is 2.06. The Labute approximate surface area is 81.9 Å². The van der Waals surface area contributed by atoms with E-state index >= 15 is 0 Å². The van der Waals surface area contributed by atoms with Crippen molar-refractivity contribution in [1.82, 2.24) is 4.98 Å². The Hall–Kier alpha value is -1.77. The SMILES string of the molecule is Cc1ccc(/C=C/CO)nc1.O=C=O. The lowest BCUT2D eigenvalue weighted by atomic mass is 10.2. The van der Waals surface area contributed by atoms with E-state index in [0.29, 0.717) is 0 Å². The third-order valence-corrected chi connectivity index (χ3v) is 1.33. The maximum atomic E-state index is 8.47. The van der Waals surface area contributed by atoms with Crippen molar-refractivity contribution in [3.05, 3.63) is 35.7 Å². The van der Waals surface area contributed by atoms with Gasteiger partial charge in [-0.05, 0) is 24.6 Å². The molecule has 74 valence electrons. The number of rotatable bonds is 2. The van der Waals surface area contributed by atoms with Crippen molar-refractivity contribution in [2.24, 2.45) is 0 Å². The second-order valence-corrected chi connectivity index (χ2v) is 2.43. The van der Waals surface area contributed by atoms with Gasteiger partial charge in [0.15, 0.2) is 0 Å². The van der Waals surface area contributed by atoms with Gasteiger partial charge in [-0.2, -0.15) is 9.59 Å². The second kappa shape index (κ2) is 7.86. The molecule has 0 saturated heterocycles. The van der Waals surface area contributed by atoms with E-state index < -0.39 is 0 Å². The zero-order valence-electron chi connectivity index (χ0n) is 7.80. The molecule has 4 heteroatoms. The minimum absolute atomic E-state index is 0.0650. The lowest BCUT2D eigenvalue weighted by molar-refractivity contribution is -0.191. The Morgan fingerprint density at radius 3 is 2.57 bits per heavy atom. The molecular weight excluding hydrogens is 182 g/mol. The van der Waals surface area contributed by atoms with Gasteiger partial charge in [0.25, 0.3) is 0 Å². The van der Waals surface area contributed by atoms with Gasteiger partial charge in [-0.25, -0.2) is 0 Å². The first kappa shape index (κ1) is 12.2. The van der Waals surface area contributed by atoms with Crippen molar-refractivity contribution in [1.29, 1.82) is 0 Å². The standard InChI is InChI=1S/C9H11NO.CO2/c1-8-4-5-9(10-7-8)3-2-6-11;2-1-3/h2-5,7,11H,6H2,1H3;/b3-2+;. The molecule has 1 rings (SSSR count). The van der Waals surface area contributed by atoms with Gasteiger partial charge in [0.05, 0.1) is 12.3 Å². The molecule has 0 radical (unpaired) electrons. The third-order valence-electron chi connectivity index (χ3n) is 1.33. The fraction of sp³-hybridized carbons (Fsp3) is 0.200. The first-order chi connectivity index (χ1) is 6.74. The van der Waals surface area contributed by atoms with Gasteiger partial charge < -0.3 is 5.11 Å². The Balaban J connectivity index is 0.000000500. The quantitative estimate of drug-likeness (QED) is 0.754. The molecule has 1 aromatic rings. The molecule has 1 aromatic heterocycles. The van der Waals surface area contributed by atoms with E-state index in [0.717, 1.165) is 11.3 Å². The molecule has 0 saturated carbocycles. The highest BCUT2D eigenvalue weighted by Gasteiger charge is 1.85. The largest absolute Gasteiger partial charge is 0.392 e. The monoisotopic (exact) mass is 193 g/mol. The highest BCUT2D eigenvalue weighted by molar-refractivity contribution is 5.44. The van der Waals surface area contributed by atoms with E-state index in [-0.39, 0.29) is 12.8 Å². The Morgan fingerprint density at radius 1 is 1.50 bits per heavy atom. The predicted octanol–water partition coefficient (Wildman–Crippen LogP) is 0.812. The summed E-state index contributed by atoms with van der Waals surface area (Å²) >= 11 is 0. The molecule has 1 heterocycles. The van der Waals surface area contributed by atoms with E-state index in [2.05, 4.69) is 4.98 Å². The summed E-state index contributed by atoms with van der Waals surface area (Å²) in [6.07, 6.45) is 5.51. The van der Waals surface area contributed by atoms with Crippen LogP contribution in [0.25, 0.3) is 6.08 Å². The van der Waals surface area contributed by atoms with E-state index in [9.17, 15) is 0 Å². The fourth-order valence-corrected chi connectivity index (χ4v) is 0.751. The Morgan fingerprint density at radius 2 is 2.14 bits per heavy atom. The summed E-state index contributed by atoms with van der Waals surface area (Å²) < 4.78 is 0. The van der Waals surface area contributed by atoms with E-state index in [4.69, 9.17) is 14.7 Å². The predicted molar refractivity (Wildman–Crippen MR) is 50.1 cm³/mol. The minimum atomic E-state index is 0.0650. The van der Waals surface area contributed by atoms with E-state index in [1.165, 1.54) is 0 Å². The second-order valence-electron chi connectivity index (χ2n) is 2.43. The van der Waals surface area contributed by atoms with Crippen LogP contribution in [0.1, 0.15) is 11.3 Å². The highest BCUT2D eigenvalue weighted by atomic mass is 16.2. The summed E-state index contributed by atoms with van der Waals surface area (Å²) in [6, 6.07) is 3.91. The lowest BCUT2D eigenvalue weighted by Gasteiger charge is -1.92. The van der Waals surface area contributed by atoms with Crippen LogP contribution >= 0.6 is 0 Å². The van der Waals surface area contributed by atoms with Crippen molar-refractivity contribution in [3.63, 3.8) is 0 Å². The number of aryl methyl sites for hydroxylation is 1. The van der Waals surface area contributed by atoms with Crippen molar-refractivity contribution in [2.45, 2.75) is 6.92 Å². The van der Waals surface area contributed by atoms with Crippen molar-refractivity contribution in [2.75, 3.05) is 6.61 Å². The maximum absolute atomic E-state index is 8.47. The van der Waals surface area contributed by atoms with E-state index in [1.54, 1.807) is 18.3 Å². The number of aliphatic hydroxyl groups excluding tert-OH is 1. The Bertz CT molecular complexity index is 311. The molecule has 1 N–H and O–H groups in total. The van der Waals surface area contributed by atoms with Crippen LogP contribution < -0.4 is 0 Å². The normalized spacial score (nSPS) is 9.00. The van der Waals surface area contributed by atoms with Gasteiger partial charge in [-0.15, -0.1) is 0 Å². The highest BCUT2D eigenvalue weighted by Crippen LogP contribution is 1.99. The summed E-state index contributed by atoms with van der Waals surface area (Å²) in [5, 5.41) is 8.47. The molecule has 0 aliphatic heterocycles. The summed E-state index contributed by atoms with van der Waals surface area (Å²) in [7, 11) is 0. The minimum Gasteiger partial charge on any atom is -0.392 e. The molecule has 0 fully saturated rings. The van der Waals surface area contributed by atoms with Crippen LogP contribution in [0.15, 0.2) is 24.4 Å². The fourth-order valence-electron chi connectivity index (χ4n) is 0.751. The molecule has 0 spiro atoms. The summed E-state index contributed by atoms with van der Waals surface area (Å²) in [4.78, 5) is 20.4. The topological polar surface area (TPSA) is 67.3 Å². The number of carbonyl (C=O) groups excluding carboxylic acids is 2. The van der Waals surface area contributed by atoms with Crippen molar-refractivity contribution < 1.29 is 14.7 Å². The third kappa shape index (κ3) is 5.83. The smallest absolute Gasteiger partial charge is 0.373 e. The maximum Gasteiger partial charge on any atom is 0.373 e. The number of pyridine rings is 1. The molecule has 0 amide bonds. The average Bonchev–Trinajstić information content (AvgIpc) is 2.18. The number of nitrogens with zero attached hydrogens (tertiary/aromatic N) is 1. The van der Waals surface area contributed by atoms with Crippen LogP contribution in [-0.4, -0.2) is 22.8 Å². The molecule has 0 aliphatic carbocycles. The van der Waals surface area contributed by atoms with Crippen LogP contribution in [0.5, 0.6) is 0 Å². The van der Waals surface area contributed by atoms with Gasteiger partial charge in [0.2, 0.25) is 0 Å². The first-order valence-electron chi connectivity index (χ1n) is 3.94. The molecule has 0 bridgehead atoms. The molecule has 0 unspecified atom stereocenters. The van der Waals surface area contributed by atoms with Crippen LogP contribution in [-0.2, 0) is 9.59 Å². The molecule has 0 aliphatic rings. The van der Waals surface area contributed by atoms with Gasteiger partial charge in [-0.1, -0.05) is 12.1 Å². The van der Waals surface area contributed by atoms with Crippen LogP contribution in [0, 0.1) is 6.92 Å². The molecule has 0 aromatic carbocycles. The number of hydrogen-bond acceptors (Lipinski definition) is 4. The summed E-state index contributed by atoms with van der Waals surface area (Å²) in [5.74, 6) is 0. The van der Waals surface area contributed by atoms with Gasteiger partial charge in [0.1, 0.15) is 0 Å². The summed E-state index contributed by atoms with van der Waals surface area (Å²) in [5.41, 5.74) is 2.02. The number of aromatic nitrogens is 1. The van der Waals surface area contributed by atoms with Gasteiger partial charge in [0, 0.05) is 6.20 Å². The first-order valence-corrected chi connectivity index (χ1v) is 3.94. The Kier molecular flexibility index (Phi) is 6.86. The van der Waals surface area contributed by atoms with Gasteiger partial charge >= 0.3 is 6.15 Å². The lowest BCUT2D eigenvalue weighted by Crippen LogP contribution is -1.81. The van der Waals surface area contributed by atoms with Crippen molar-refractivity contribution in [3.8, 4) is 0 Å².